The lowest BCUT2D eigenvalue weighted by Crippen LogP contribution is -2.38. The molecule has 4 aromatic heterocycles. The van der Waals surface area contributed by atoms with Crippen molar-refractivity contribution in [3.8, 4) is 11.1 Å². The van der Waals surface area contributed by atoms with Crippen molar-refractivity contribution in [3.05, 3.63) is 82.9 Å². The minimum atomic E-state index is -4.13. The second-order valence-corrected chi connectivity index (χ2v) is 17.3. The molecule has 7 rings (SSSR count). The number of carboxylic acid groups (broad SMARTS) is 1. The number of nitrogens with zero attached hydrogens (tertiary/aromatic N) is 7. The van der Waals surface area contributed by atoms with Gasteiger partial charge in [0.05, 0.1) is 18.4 Å². The standard InChI is InChI=1S/C39H45N9O6S2/c1-25-30(22-41-48(25)23-26-8-4-3-5-9-26)28-13-14-33(43-35(28)37(52)45-56(53,54)21-20-46(2)18-16-34(49)50)47-19-15-27-10-6-11-29(31(27)24-47)36(51)44-39-42-32-12-7-17-40-38(32)55-39/h6-7,10-14,17,22,26H,3-5,8-9,15-16,18-21,23-24H2,1-2H3,(H,45,52)(H,49,50)(H,42,44,51). The molecule has 3 N–H and O–H groups in total. The van der Waals surface area contributed by atoms with Gasteiger partial charge in [0.2, 0.25) is 10.0 Å². The van der Waals surface area contributed by atoms with Crippen molar-refractivity contribution in [3.63, 3.8) is 0 Å². The Bertz CT molecular complexity index is 2340. The average Bonchev–Trinajstić information content (AvgIpc) is 3.77. The Balaban J connectivity index is 1.16. The first-order chi connectivity index (χ1) is 26.9. The molecule has 0 radical (unpaired) electrons. The van der Waals surface area contributed by atoms with E-state index in [2.05, 4.69) is 25.1 Å². The number of rotatable bonds is 14. The molecule has 1 saturated carbocycles. The van der Waals surface area contributed by atoms with Gasteiger partial charge in [-0.25, -0.2) is 28.1 Å². The topological polar surface area (TPSA) is 193 Å². The van der Waals surface area contributed by atoms with Crippen LogP contribution in [0.2, 0.25) is 0 Å². The summed E-state index contributed by atoms with van der Waals surface area (Å²) >= 11 is 1.30. The first-order valence-corrected chi connectivity index (χ1v) is 21.3. The average molecular weight is 800 g/mol. The third kappa shape index (κ3) is 9.06. The summed E-state index contributed by atoms with van der Waals surface area (Å²) < 4.78 is 30.6. The summed E-state index contributed by atoms with van der Waals surface area (Å²) in [7, 11) is -2.50. The van der Waals surface area contributed by atoms with Crippen LogP contribution in [0.4, 0.5) is 10.9 Å². The smallest absolute Gasteiger partial charge is 0.304 e. The van der Waals surface area contributed by atoms with Crippen LogP contribution in [-0.4, -0.2) is 93.4 Å². The lowest BCUT2D eigenvalue weighted by molar-refractivity contribution is -0.137. The third-order valence-electron chi connectivity index (χ3n) is 10.6. The van der Waals surface area contributed by atoms with Crippen LogP contribution < -0.4 is 14.9 Å². The van der Waals surface area contributed by atoms with Crippen molar-refractivity contribution in [1.29, 1.82) is 0 Å². The Morgan fingerprint density at radius 3 is 2.61 bits per heavy atom. The summed E-state index contributed by atoms with van der Waals surface area (Å²) in [5.74, 6) is -1.60. The lowest BCUT2D eigenvalue weighted by Gasteiger charge is -2.31. The minimum absolute atomic E-state index is 0.0300. The molecular weight excluding hydrogens is 755 g/mol. The fraction of sp³-hybridized carbons (Fsp3) is 0.410. The van der Waals surface area contributed by atoms with Gasteiger partial charge in [0, 0.05) is 61.3 Å². The van der Waals surface area contributed by atoms with Gasteiger partial charge in [0.15, 0.2) is 5.13 Å². The Morgan fingerprint density at radius 1 is 1.00 bits per heavy atom. The maximum Gasteiger partial charge on any atom is 0.304 e. The van der Waals surface area contributed by atoms with Crippen LogP contribution in [0.25, 0.3) is 21.5 Å². The van der Waals surface area contributed by atoms with E-state index in [1.807, 2.05) is 40.8 Å². The summed E-state index contributed by atoms with van der Waals surface area (Å²) in [5, 5.41) is 17.1. The number of carbonyl (C=O) groups excluding carboxylic acids is 2. The maximum atomic E-state index is 14.0. The molecule has 0 bridgehead atoms. The molecule has 56 heavy (non-hydrogen) atoms. The molecule has 0 spiro atoms. The number of anilines is 2. The molecule has 5 heterocycles. The number of hydrogen-bond acceptors (Lipinski definition) is 12. The summed E-state index contributed by atoms with van der Waals surface area (Å²) in [6.07, 6.45) is 9.80. The van der Waals surface area contributed by atoms with Gasteiger partial charge >= 0.3 is 5.97 Å². The largest absolute Gasteiger partial charge is 0.481 e. The quantitative estimate of drug-likeness (QED) is 0.135. The summed E-state index contributed by atoms with van der Waals surface area (Å²) in [6, 6.07) is 12.9. The zero-order valence-electron chi connectivity index (χ0n) is 31.4. The molecule has 294 valence electrons. The molecule has 0 unspecified atom stereocenters. The van der Waals surface area contributed by atoms with E-state index in [9.17, 15) is 22.8 Å². The molecule has 1 aliphatic heterocycles. The second-order valence-electron chi connectivity index (χ2n) is 14.5. The fourth-order valence-electron chi connectivity index (χ4n) is 7.42. The number of benzene rings is 1. The number of thiazole rings is 1. The first kappa shape index (κ1) is 39.0. The summed E-state index contributed by atoms with van der Waals surface area (Å²) in [4.78, 5) is 56.6. The highest BCUT2D eigenvalue weighted by molar-refractivity contribution is 7.90. The molecule has 0 saturated heterocycles. The highest BCUT2D eigenvalue weighted by atomic mass is 32.2. The highest BCUT2D eigenvalue weighted by Crippen LogP contribution is 2.33. The number of nitrogens with one attached hydrogen (secondary N) is 2. The van der Waals surface area contributed by atoms with Gasteiger partial charge in [-0.2, -0.15) is 5.10 Å². The van der Waals surface area contributed by atoms with E-state index in [4.69, 9.17) is 10.1 Å². The lowest BCUT2D eigenvalue weighted by atomic mass is 9.89. The van der Waals surface area contributed by atoms with Crippen LogP contribution in [-0.2, 0) is 34.3 Å². The minimum Gasteiger partial charge on any atom is -0.481 e. The van der Waals surface area contributed by atoms with Crippen LogP contribution >= 0.6 is 11.3 Å². The van der Waals surface area contributed by atoms with E-state index < -0.39 is 27.7 Å². The van der Waals surface area contributed by atoms with E-state index in [1.54, 1.807) is 42.5 Å². The molecule has 15 nitrogen and oxygen atoms in total. The predicted octanol–water partition coefficient (Wildman–Crippen LogP) is 5.12. The van der Waals surface area contributed by atoms with Gasteiger partial charge in [0.25, 0.3) is 11.8 Å². The molecule has 1 fully saturated rings. The van der Waals surface area contributed by atoms with Crippen LogP contribution in [0, 0.1) is 12.8 Å². The van der Waals surface area contributed by atoms with Gasteiger partial charge < -0.3 is 14.9 Å². The number of fused-ring (bicyclic) bond motifs is 2. The SMILES string of the molecule is Cc1c(-c2ccc(N3CCc4cccc(C(=O)Nc5nc6cccnc6s5)c4C3)nc2C(=O)NS(=O)(=O)CCN(C)CCC(=O)O)cnn1CC1CCCCC1. The van der Waals surface area contributed by atoms with Crippen molar-refractivity contribution >= 4 is 60.4 Å². The maximum absolute atomic E-state index is 14.0. The number of hydrogen-bond donors (Lipinski definition) is 3. The third-order valence-corrected chi connectivity index (χ3v) is 12.7. The first-order valence-electron chi connectivity index (χ1n) is 18.8. The van der Waals surface area contributed by atoms with E-state index in [0.717, 1.165) is 41.0 Å². The monoisotopic (exact) mass is 799 g/mol. The second kappa shape index (κ2) is 16.9. The van der Waals surface area contributed by atoms with Gasteiger partial charge in [-0.3, -0.25) is 24.4 Å². The predicted molar refractivity (Wildman–Crippen MR) is 214 cm³/mol. The van der Waals surface area contributed by atoms with Gasteiger partial charge in [-0.05, 0) is 80.6 Å². The summed E-state index contributed by atoms with van der Waals surface area (Å²) in [5.41, 5.74) is 4.97. The van der Waals surface area contributed by atoms with Crippen LogP contribution in [0.3, 0.4) is 0 Å². The van der Waals surface area contributed by atoms with Crippen molar-refractivity contribution in [2.45, 2.75) is 65.0 Å². The van der Waals surface area contributed by atoms with Gasteiger partial charge in [0.1, 0.15) is 21.9 Å². The Morgan fingerprint density at radius 2 is 1.82 bits per heavy atom. The van der Waals surface area contributed by atoms with Crippen LogP contribution in [0.5, 0.6) is 0 Å². The molecule has 0 atom stereocenters. The number of aromatic nitrogens is 5. The Labute approximate surface area is 329 Å². The van der Waals surface area contributed by atoms with E-state index in [-0.39, 0.29) is 31.1 Å². The highest BCUT2D eigenvalue weighted by Gasteiger charge is 2.28. The summed E-state index contributed by atoms with van der Waals surface area (Å²) in [6.45, 7) is 3.78. The number of sulfonamides is 1. The molecule has 1 aliphatic carbocycles. The number of amides is 2. The van der Waals surface area contributed by atoms with E-state index in [1.165, 1.54) is 30.6 Å². The van der Waals surface area contributed by atoms with Crippen molar-refractivity contribution in [1.82, 2.24) is 34.4 Å². The molecule has 2 aliphatic rings. The van der Waals surface area contributed by atoms with E-state index >= 15 is 0 Å². The van der Waals surface area contributed by atoms with Gasteiger partial charge in [-0.15, -0.1) is 0 Å². The number of aliphatic carboxylic acids is 1. The number of pyridine rings is 2. The zero-order chi connectivity index (χ0) is 39.4. The Kier molecular flexibility index (Phi) is 11.7. The fourth-order valence-corrected chi connectivity index (χ4v) is 9.25. The number of carboxylic acids is 1. The molecular formula is C39H45N9O6S2. The van der Waals surface area contributed by atoms with Crippen molar-refractivity contribution in [2.24, 2.45) is 5.92 Å². The molecule has 17 heteroatoms. The zero-order valence-corrected chi connectivity index (χ0v) is 33.0. The Hall–Kier alpha value is -5.26. The van der Waals surface area contributed by atoms with Crippen LogP contribution in [0.1, 0.15) is 76.2 Å². The molecule has 1 aromatic carbocycles. The molecule has 2 amide bonds. The van der Waals surface area contributed by atoms with Crippen LogP contribution in [0.15, 0.2) is 54.9 Å². The van der Waals surface area contributed by atoms with Crippen molar-refractivity contribution < 1.29 is 27.9 Å². The molecule has 5 aromatic rings. The number of carbonyl (C=O) groups is 3. The normalized spacial score (nSPS) is 14.9. The van der Waals surface area contributed by atoms with Crippen molar-refractivity contribution in [2.75, 3.05) is 42.7 Å². The van der Waals surface area contributed by atoms with Gasteiger partial charge in [-0.1, -0.05) is 42.7 Å². The van der Waals surface area contributed by atoms with E-state index in [0.29, 0.717) is 58.6 Å².